The normalized spacial score (nSPS) is 20.3. The highest BCUT2D eigenvalue weighted by atomic mass is 32.1. The summed E-state index contributed by atoms with van der Waals surface area (Å²) in [6.45, 7) is 6.02. The van der Waals surface area contributed by atoms with Gasteiger partial charge in [0.1, 0.15) is 0 Å². The number of nitrogens with zero attached hydrogens (tertiary/aromatic N) is 1. The molecule has 0 saturated heterocycles. The number of aryl methyl sites for hydroxylation is 1. The second kappa shape index (κ2) is 4.67. The minimum absolute atomic E-state index is 0.0588. The molecule has 2 unspecified atom stereocenters. The van der Waals surface area contributed by atoms with E-state index in [1.54, 1.807) is 16.2 Å². The largest absolute Gasteiger partial charge is 0.337 e. The zero-order valence-corrected chi connectivity index (χ0v) is 12.4. The van der Waals surface area contributed by atoms with Gasteiger partial charge in [0.05, 0.1) is 11.6 Å². The Bertz CT molecular complexity index is 448. The third kappa shape index (κ3) is 2.45. The van der Waals surface area contributed by atoms with E-state index >= 15 is 0 Å². The highest BCUT2D eigenvalue weighted by molar-refractivity contribution is 7.12. The third-order valence-electron chi connectivity index (χ3n) is 3.96. The number of nitrogens with two attached hydrogens (primary N) is 1. The molecule has 18 heavy (non-hydrogen) atoms. The van der Waals surface area contributed by atoms with Crippen LogP contribution in [0.4, 0.5) is 0 Å². The number of carbonyl (C=O) groups excluding carboxylic acids is 1. The van der Waals surface area contributed by atoms with E-state index in [2.05, 4.69) is 26.0 Å². The smallest absolute Gasteiger partial charge is 0.242 e. The van der Waals surface area contributed by atoms with Crippen molar-refractivity contribution in [2.75, 3.05) is 7.05 Å². The van der Waals surface area contributed by atoms with Gasteiger partial charge in [0.15, 0.2) is 0 Å². The van der Waals surface area contributed by atoms with Crippen molar-refractivity contribution < 1.29 is 4.79 Å². The van der Waals surface area contributed by atoms with Crippen LogP contribution in [0.2, 0.25) is 0 Å². The van der Waals surface area contributed by atoms with Gasteiger partial charge in [0.2, 0.25) is 5.91 Å². The number of carbonyl (C=O) groups is 1. The summed E-state index contributed by atoms with van der Waals surface area (Å²) in [5.41, 5.74) is 5.50. The summed E-state index contributed by atoms with van der Waals surface area (Å²) in [5, 5.41) is 0. The van der Waals surface area contributed by atoms with E-state index in [9.17, 15) is 4.79 Å². The second-order valence-electron chi connectivity index (χ2n) is 5.60. The number of amides is 1. The van der Waals surface area contributed by atoms with Crippen molar-refractivity contribution in [1.82, 2.24) is 4.90 Å². The summed E-state index contributed by atoms with van der Waals surface area (Å²) in [6.07, 6.45) is 2.16. The molecule has 4 heteroatoms. The molecule has 3 nitrogen and oxygen atoms in total. The van der Waals surface area contributed by atoms with Gasteiger partial charge in [-0.25, -0.2) is 0 Å². The summed E-state index contributed by atoms with van der Waals surface area (Å²) in [4.78, 5) is 16.8. The number of hydrogen-bond donors (Lipinski definition) is 1. The van der Waals surface area contributed by atoms with Crippen molar-refractivity contribution in [2.45, 2.75) is 45.2 Å². The summed E-state index contributed by atoms with van der Waals surface area (Å²) in [5.74, 6) is 0.424. The van der Waals surface area contributed by atoms with E-state index in [1.807, 2.05) is 14.0 Å². The van der Waals surface area contributed by atoms with Gasteiger partial charge in [0.25, 0.3) is 0 Å². The van der Waals surface area contributed by atoms with Crippen molar-refractivity contribution in [2.24, 2.45) is 11.7 Å². The lowest BCUT2D eigenvalue weighted by Gasteiger charge is -2.32. The van der Waals surface area contributed by atoms with Gasteiger partial charge in [-0.05, 0) is 51.7 Å². The average molecular weight is 266 g/mol. The molecule has 1 aliphatic carbocycles. The predicted octanol–water partition coefficient (Wildman–Crippen LogP) is 2.70. The molecule has 1 heterocycles. The van der Waals surface area contributed by atoms with Gasteiger partial charge >= 0.3 is 0 Å². The van der Waals surface area contributed by atoms with Crippen molar-refractivity contribution in [3.63, 3.8) is 0 Å². The van der Waals surface area contributed by atoms with Crippen LogP contribution in [-0.4, -0.2) is 23.4 Å². The molecule has 1 amide bonds. The first-order valence-corrected chi connectivity index (χ1v) is 7.28. The van der Waals surface area contributed by atoms with Gasteiger partial charge in [-0.1, -0.05) is 0 Å². The Balaban J connectivity index is 2.10. The zero-order valence-electron chi connectivity index (χ0n) is 11.6. The molecule has 1 aromatic rings. The molecule has 0 aliphatic heterocycles. The van der Waals surface area contributed by atoms with Crippen LogP contribution in [0.15, 0.2) is 12.1 Å². The molecule has 2 rings (SSSR count). The summed E-state index contributed by atoms with van der Waals surface area (Å²) in [6, 6.07) is 4.29. The third-order valence-corrected chi connectivity index (χ3v) is 5.13. The first kappa shape index (κ1) is 13.6. The van der Waals surface area contributed by atoms with Crippen LogP contribution < -0.4 is 5.73 Å². The number of hydrogen-bond acceptors (Lipinski definition) is 3. The van der Waals surface area contributed by atoms with Crippen LogP contribution in [0, 0.1) is 12.8 Å². The number of thiophene rings is 1. The standard InChI is InChI=1S/C14H22N2OS/c1-9-5-8-12(18-9)10(2)16(4)13(17)14(3,15)11-6-7-11/h5,8,10-11H,6-7,15H2,1-4H3. The van der Waals surface area contributed by atoms with E-state index in [0.29, 0.717) is 5.92 Å². The summed E-state index contributed by atoms with van der Waals surface area (Å²) in [7, 11) is 1.86. The average Bonchev–Trinajstić information content (AvgIpc) is 3.10. The van der Waals surface area contributed by atoms with Crippen LogP contribution >= 0.6 is 11.3 Å². The Kier molecular flexibility index (Phi) is 3.52. The Labute approximate surface area is 113 Å². The molecular formula is C14H22N2OS. The zero-order chi connectivity index (χ0) is 13.5. The Morgan fingerprint density at radius 2 is 2.17 bits per heavy atom. The maximum atomic E-state index is 12.5. The first-order valence-electron chi connectivity index (χ1n) is 6.46. The monoisotopic (exact) mass is 266 g/mol. The lowest BCUT2D eigenvalue weighted by Crippen LogP contribution is -2.54. The molecule has 1 aliphatic rings. The molecule has 100 valence electrons. The fourth-order valence-electron chi connectivity index (χ4n) is 2.28. The minimum atomic E-state index is -0.699. The van der Waals surface area contributed by atoms with Gasteiger partial charge in [-0.15, -0.1) is 11.3 Å². The molecule has 0 spiro atoms. The molecule has 1 saturated carbocycles. The molecule has 0 bridgehead atoms. The second-order valence-corrected chi connectivity index (χ2v) is 6.92. The lowest BCUT2D eigenvalue weighted by atomic mass is 9.95. The summed E-state index contributed by atoms with van der Waals surface area (Å²) < 4.78 is 0. The van der Waals surface area contributed by atoms with Gasteiger partial charge in [-0.2, -0.15) is 0 Å². The maximum Gasteiger partial charge on any atom is 0.242 e. The Morgan fingerprint density at radius 3 is 2.61 bits per heavy atom. The van der Waals surface area contributed by atoms with Crippen molar-refractivity contribution in [3.05, 3.63) is 21.9 Å². The highest BCUT2D eigenvalue weighted by Gasteiger charge is 2.46. The fraction of sp³-hybridized carbons (Fsp3) is 0.643. The van der Waals surface area contributed by atoms with Gasteiger partial charge in [0, 0.05) is 16.8 Å². The Hall–Kier alpha value is -0.870. The van der Waals surface area contributed by atoms with Crippen molar-refractivity contribution in [1.29, 1.82) is 0 Å². The number of rotatable bonds is 4. The van der Waals surface area contributed by atoms with Crippen LogP contribution in [0.1, 0.15) is 42.5 Å². The molecule has 1 fully saturated rings. The minimum Gasteiger partial charge on any atom is -0.337 e. The fourth-order valence-corrected chi connectivity index (χ4v) is 3.25. The molecule has 0 radical (unpaired) electrons. The van der Waals surface area contributed by atoms with Crippen LogP contribution in [0.5, 0.6) is 0 Å². The SMILES string of the molecule is Cc1ccc(C(C)N(C)C(=O)C(C)(N)C2CC2)s1. The van der Waals surface area contributed by atoms with E-state index < -0.39 is 5.54 Å². The van der Waals surface area contributed by atoms with Gasteiger partial charge < -0.3 is 10.6 Å². The predicted molar refractivity (Wildman–Crippen MR) is 75.6 cm³/mol. The van der Waals surface area contributed by atoms with Crippen molar-refractivity contribution >= 4 is 17.2 Å². The van der Waals surface area contributed by atoms with Crippen LogP contribution in [0.3, 0.4) is 0 Å². The topological polar surface area (TPSA) is 46.3 Å². The van der Waals surface area contributed by atoms with E-state index in [-0.39, 0.29) is 11.9 Å². The van der Waals surface area contributed by atoms with E-state index in [4.69, 9.17) is 5.73 Å². The Morgan fingerprint density at radius 1 is 1.56 bits per heavy atom. The summed E-state index contributed by atoms with van der Waals surface area (Å²) >= 11 is 1.74. The van der Waals surface area contributed by atoms with E-state index in [1.165, 1.54) is 9.75 Å². The quantitative estimate of drug-likeness (QED) is 0.910. The molecule has 2 N–H and O–H groups in total. The lowest BCUT2D eigenvalue weighted by molar-refractivity contribution is -0.137. The molecule has 2 atom stereocenters. The van der Waals surface area contributed by atoms with Crippen LogP contribution in [0.25, 0.3) is 0 Å². The highest BCUT2D eigenvalue weighted by Crippen LogP contribution is 2.40. The van der Waals surface area contributed by atoms with E-state index in [0.717, 1.165) is 12.8 Å². The molecular weight excluding hydrogens is 244 g/mol. The molecule has 1 aromatic heterocycles. The molecule has 0 aromatic carbocycles. The maximum absolute atomic E-state index is 12.5. The van der Waals surface area contributed by atoms with Gasteiger partial charge in [-0.3, -0.25) is 4.79 Å². The number of likely N-dealkylation sites (N-methyl/N-ethyl adjacent to an activating group) is 1. The van der Waals surface area contributed by atoms with Crippen molar-refractivity contribution in [3.8, 4) is 0 Å². The first-order chi connectivity index (χ1) is 8.34. The van der Waals surface area contributed by atoms with Crippen LogP contribution in [-0.2, 0) is 4.79 Å².